The number of likely N-dealkylation sites (tertiary alicyclic amines) is 1. The van der Waals surface area contributed by atoms with Crippen LogP contribution in [0.3, 0.4) is 0 Å². The Kier molecular flexibility index (Phi) is 4.11. The lowest BCUT2D eigenvalue weighted by molar-refractivity contribution is -0.129. The number of amides is 3. The molecular weight excluding hydrogens is 274 g/mol. The largest absolute Gasteiger partial charge is 0.444 e. The lowest BCUT2D eigenvalue weighted by atomic mass is 9.86. The third kappa shape index (κ3) is 4.09. The summed E-state index contributed by atoms with van der Waals surface area (Å²) in [4.78, 5) is 36.6. The molecular formula is C14H23N3O4. The first-order valence-electron chi connectivity index (χ1n) is 7.21. The smallest absolute Gasteiger partial charge is 0.408 e. The summed E-state index contributed by atoms with van der Waals surface area (Å²) in [5.74, 6) is -0.0896. The molecule has 0 bridgehead atoms. The van der Waals surface area contributed by atoms with E-state index in [0.29, 0.717) is 26.1 Å². The zero-order chi connectivity index (χ0) is 15.7. The molecule has 0 saturated carbocycles. The van der Waals surface area contributed by atoms with Crippen LogP contribution >= 0.6 is 0 Å². The van der Waals surface area contributed by atoms with Gasteiger partial charge >= 0.3 is 6.09 Å². The molecule has 2 aliphatic heterocycles. The fourth-order valence-electron chi connectivity index (χ4n) is 2.76. The van der Waals surface area contributed by atoms with Crippen LogP contribution in [0.25, 0.3) is 0 Å². The van der Waals surface area contributed by atoms with Gasteiger partial charge < -0.3 is 20.3 Å². The fourth-order valence-corrected chi connectivity index (χ4v) is 2.76. The molecule has 2 aliphatic rings. The molecule has 2 fully saturated rings. The van der Waals surface area contributed by atoms with Gasteiger partial charge in [-0.3, -0.25) is 9.59 Å². The Morgan fingerprint density at radius 3 is 2.71 bits per heavy atom. The average molecular weight is 297 g/mol. The molecule has 2 saturated heterocycles. The number of hydrogen-bond acceptors (Lipinski definition) is 4. The second-order valence-electron chi connectivity index (χ2n) is 6.87. The number of carbonyl (C=O) groups is 3. The van der Waals surface area contributed by atoms with Gasteiger partial charge in [-0.25, -0.2) is 4.79 Å². The lowest BCUT2D eigenvalue weighted by Gasteiger charge is -2.23. The molecule has 2 N–H and O–H groups in total. The summed E-state index contributed by atoms with van der Waals surface area (Å²) in [6.07, 6.45) is 0.711. The molecule has 2 heterocycles. The van der Waals surface area contributed by atoms with E-state index >= 15 is 0 Å². The van der Waals surface area contributed by atoms with Crippen LogP contribution in [0.5, 0.6) is 0 Å². The first-order valence-corrected chi connectivity index (χ1v) is 7.21. The van der Waals surface area contributed by atoms with Gasteiger partial charge in [0.15, 0.2) is 0 Å². The minimum Gasteiger partial charge on any atom is -0.444 e. The Labute approximate surface area is 124 Å². The zero-order valence-corrected chi connectivity index (χ0v) is 12.8. The third-order valence-electron chi connectivity index (χ3n) is 3.77. The highest BCUT2D eigenvalue weighted by Gasteiger charge is 2.45. The van der Waals surface area contributed by atoms with Crippen LogP contribution in [0.4, 0.5) is 4.79 Å². The number of alkyl carbamates (subject to hydrolysis) is 1. The van der Waals surface area contributed by atoms with Crippen LogP contribution in [0, 0.1) is 5.41 Å². The molecule has 7 nitrogen and oxygen atoms in total. The number of rotatable bonds is 2. The quantitative estimate of drug-likeness (QED) is 0.765. The lowest BCUT2D eigenvalue weighted by Crippen LogP contribution is -2.42. The molecule has 0 aromatic carbocycles. The Balaban J connectivity index is 1.77. The molecule has 1 atom stereocenters. The summed E-state index contributed by atoms with van der Waals surface area (Å²) in [6, 6.07) is 0. The molecule has 21 heavy (non-hydrogen) atoms. The van der Waals surface area contributed by atoms with E-state index in [4.69, 9.17) is 4.74 Å². The number of ether oxygens (including phenoxy) is 1. The van der Waals surface area contributed by atoms with Crippen molar-refractivity contribution < 1.29 is 19.1 Å². The topological polar surface area (TPSA) is 87.7 Å². The second kappa shape index (κ2) is 5.54. The van der Waals surface area contributed by atoms with E-state index in [2.05, 4.69) is 10.6 Å². The number of hydrogen-bond donors (Lipinski definition) is 2. The first-order chi connectivity index (χ1) is 9.69. The Hall–Kier alpha value is -1.79. The molecule has 7 heteroatoms. The van der Waals surface area contributed by atoms with Crippen LogP contribution in [-0.2, 0) is 14.3 Å². The molecule has 2 rings (SSSR count). The maximum Gasteiger partial charge on any atom is 0.408 e. The number of nitrogens with zero attached hydrogens (tertiary/aromatic N) is 1. The second-order valence-corrected chi connectivity index (χ2v) is 6.87. The monoisotopic (exact) mass is 297 g/mol. The Morgan fingerprint density at radius 2 is 2.14 bits per heavy atom. The SMILES string of the molecule is CC(C)(C)OC(=O)NCC(=O)N1CCC2(CNC(=O)C2)C1. The van der Waals surface area contributed by atoms with E-state index in [1.807, 2.05) is 0 Å². The zero-order valence-electron chi connectivity index (χ0n) is 12.8. The van der Waals surface area contributed by atoms with E-state index in [-0.39, 0.29) is 23.8 Å². The minimum absolute atomic E-state index is 0.0520. The van der Waals surface area contributed by atoms with E-state index in [1.165, 1.54) is 0 Å². The van der Waals surface area contributed by atoms with Crippen LogP contribution in [0.2, 0.25) is 0 Å². The van der Waals surface area contributed by atoms with Gasteiger partial charge in [0.05, 0.1) is 0 Å². The maximum atomic E-state index is 12.1. The normalized spacial score (nSPS) is 25.1. The van der Waals surface area contributed by atoms with E-state index < -0.39 is 11.7 Å². The Morgan fingerprint density at radius 1 is 1.43 bits per heavy atom. The van der Waals surface area contributed by atoms with Gasteiger partial charge in [-0.05, 0) is 27.2 Å². The fraction of sp³-hybridized carbons (Fsp3) is 0.786. The predicted molar refractivity (Wildman–Crippen MR) is 75.5 cm³/mol. The first kappa shape index (κ1) is 15.6. The van der Waals surface area contributed by atoms with Crippen molar-refractivity contribution in [2.45, 2.75) is 39.2 Å². The van der Waals surface area contributed by atoms with Crippen molar-refractivity contribution in [2.75, 3.05) is 26.2 Å². The van der Waals surface area contributed by atoms with Gasteiger partial charge in [0.1, 0.15) is 12.1 Å². The highest BCUT2D eigenvalue weighted by Crippen LogP contribution is 2.36. The van der Waals surface area contributed by atoms with E-state index in [1.54, 1.807) is 25.7 Å². The van der Waals surface area contributed by atoms with Gasteiger partial charge in [-0.1, -0.05) is 0 Å². The molecule has 0 aliphatic carbocycles. The minimum atomic E-state index is -0.595. The van der Waals surface area contributed by atoms with E-state index in [9.17, 15) is 14.4 Å². The van der Waals surface area contributed by atoms with Crippen LogP contribution in [0.15, 0.2) is 0 Å². The van der Waals surface area contributed by atoms with Crippen molar-refractivity contribution in [1.82, 2.24) is 15.5 Å². The summed E-state index contributed by atoms with van der Waals surface area (Å²) in [7, 11) is 0. The van der Waals surface area contributed by atoms with Crippen molar-refractivity contribution in [1.29, 1.82) is 0 Å². The molecule has 0 aromatic heterocycles. The summed E-state index contributed by atoms with van der Waals surface area (Å²) >= 11 is 0. The maximum absolute atomic E-state index is 12.1. The average Bonchev–Trinajstić information content (AvgIpc) is 2.92. The van der Waals surface area contributed by atoms with Crippen LogP contribution in [-0.4, -0.2) is 54.6 Å². The van der Waals surface area contributed by atoms with Gasteiger partial charge in [0.2, 0.25) is 11.8 Å². The van der Waals surface area contributed by atoms with Crippen LogP contribution in [0.1, 0.15) is 33.6 Å². The standard InChI is InChI=1S/C14H23N3O4/c1-13(2,3)21-12(20)15-7-11(19)17-5-4-14(9-17)6-10(18)16-8-14/h4-9H2,1-3H3,(H,15,20)(H,16,18). The molecule has 3 amide bonds. The van der Waals surface area contributed by atoms with Crippen molar-refractivity contribution in [3.8, 4) is 0 Å². The van der Waals surface area contributed by atoms with Gasteiger partial charge in [-0.15, -0.1) is 0 Å². The van der Waals surface area contributed by atoms with Crippen LogP contribution < -0.4 is 10.6 Å². The highest BCUT2D eigenvalue weighted by atomic mass is 16.6. The van der Waals surface area contributed by atoms with Gasteiger partial charge in [-0.2, -0.15) is 0 Å². The molecule has 1 spiro atoms. The van der Waals surface area contributed by atoms with Crippen molar-refractivity contribution in [3.63, 3.8) is 0 Å². The van der Waals surface area contributed by atoms with Crippen molar-refractivity contribution in [3.05, 3.63) is 0 Å². The summed E-state index contributed by atoms with van der Waals surface area (Å²) in [5.41, 5.74) is -0.695. The van der Waals surface area contributed by atoms with E-state index in [0.717, 1.165) is 6.42 Å². The molecule has 0 aromatic rings. The number of carbonyl (C=O) groups excluding carboxylic acids is 3. The molecule has 1 unspecified atom stereocenters. The highest BCUT2D eigenvalue weighted by molar-refractivity contribution is 5.83. The molecule has 0 radical (unpaired) electrons. The van der Waals surface area contributed by atoms with Crippen molar-refractivity contribution >= 4 is 17.9 Å². The van der Waals surface area contributed by atoms with Crippen molar-refractivity contribution in [2.24, 2.45) is 5.41 Å². The molecule has 118 valence electrons. The summed E-state index contributed by atoms with van der Waals surface area (Å²) in [5, 5.41) is 5.29. The van der Waals surface area contributed by atoms with Gasteiger partial charge in [0.25, 0.3) is 0 Å². The summed E-state index contributed by atoms with van der Waals surface area (Å²) in [6.45, 7) is 7.06. The Bertz CT molecular complexity index is 458. The summed E-state index contributed by atoms with van der Waals surface area (Å²) < 4.78 is 5.08. The van der Waals surface area contributed by atoms with Gasteiger partial charge in [0, 0.05) is 31.5 Å². The third-order valence-corrected chi connectivity index (χ3v) is 3.77. The number of nitrogens with one attached hydrogen (secondary N) is 2. The predicted octanol–water partition coefficient (Wildman–Crippen LogP) is 0.250.